The maximum Gasteiger partial charge on any atom is 0.267 e. The van der Waals surface area contributed by atoms with E-state index in [1.807, 2.05) is 36.4 Å². The van der Waals surface area contributed by atoms with Crippen molar-refractivity contribution in [2.75, 3.05) is 0 Å². The van der Waals surface area contributed by atoms with E-state index in [1.165, 1.54) is 0 Å². The van der Waals surface area contributed by atoms with Crippen LogP contribution in [0.3, 0.4) is 0 Å². The van der Waals surface area contributed by atoms with Gasteiger partial charge in [0, 0.05) is 26.4 Å². The molecule has 2 aromatic carbocycles. The van der Waals surface area contributed by atoms with E-state index in [4.69, 9.17) is 26.8 Å². The molecular formula is C16H13BrClNO2S. The Morgan fingerprint density at radius 1 is 1.18 bits per heavy atom. The highest BCUT2D eigenvalue weighted by atomic mass is 79.9. The Morgan fingerprint density at radius 3 is 2.68 bits per heavy atom. The third-order valence-corrected chi connectivity index (χ3v) is 5.36. The molecule has 3 nitrogen and oxygen atoms in total. The first-order valence-electron chi connectivity index (χ1n) is 6.59. The summed E-state index contributed by atoms with van der Waals surface area (Å²) in [6.45, 7) is 0.437. The van der Waals surface area contributed by atoms with Gasteiger partial charge < -0.3 is 15.2 Å². The monoisotopic (exact) mass is 397 g/mol. The molecular weight excluding hydrogens is 386 g/mol. The van der Waals surface area contributed by atoms with Gasteiger partial charge >= 0.3 is 0 Å². The third kappa shape index (κ3) is 3.27. The van der Waals surface area contributed by atoms with Crippen LogP contribution in [0.5, 0.6) is 0 Å². The summed E-state index contributed by atoms with van der Waals surface area (Å²) in [4.78, 5) is 1.97. The molecule has 22 heavy (non-hydrogen) atoms. The van der Waals surface area contributed by atoms with Crippen LogP contribution in [0.2, 0.25) is 5.02 Å². The lowest BCUT2D eigenvalue weighted by atomic mass is 10.2. The van der Waals surface area contributed by atoms with E-state index < -0.39 is 6.29 Å². The smallest absolute Gasteiger partial charge is 0.267 e. The van der Waals surface area contributed by atoms with Crippen LogP contribution in [0.15, 0.2) is 63.2 Å². The van der Waals surface area contributed by atoms with Gasteiger partial charge in [-0.05, 0) is 29.8 Å². The van der Waals surface area contributed by atoms with Crippen molar-refractivity contribution in [2.45, 2.75) is 22.6 Å². The zero-order valence-electron chi connectivity index (χ0n) is 11.5. The van der Waals surface area contributed by atoms with Gasteiger partial charge in [-0.2, -0.15) is 0 Å². The predicted octanol–water partition coefficient (Wildman–Crippen LogP) is 5.23. The molecule has 0 aromatic heterocycles. The van der Waals surface area contributed by atoms with Crippen LogP contribution >= 0.6 is 39.3 Å². The second-order valence-corrected chi connectivity index (χ2v) is 6.97. The van der Waals surface area contributed by atoms with Gasteiger partial charge in [-0.1, -0.05) is 51.4 Å². The fourth-order valence-electron chi connectivity index (χ4n) is 2.12. The first kappa shape index (κ1) is 15.7. The summed E-state index contributed by atoms with van der Waals surface area (Å²) in [5, 5.41) is 0.688. The number of ether oxygens (including phenoxy) is 2. The summed E-state index contributed by atoms with van der Waals surface area (Å²) >= 11 is 11.4. The highest BCUT2D eigenvalue weighted by Crippen LogP contribution is 2.41. The average molecular weight is 399 g/mol. The SMILES string of the molecule is NCc1cccc(Cl)c1Sc1ccc(Br)cc1C1OC=CO1. The van der Waals surface area contributed by atoms with E-state index in [2.05, 4.69) is 15.9 Å². The third-order valence-electron chi connectivity index (χ3n) is 3.17. The van der Waals surface area contributed by atoms with Crippen molar-refractivity contribution in [2.24, 2.45) is 5.73 Å². The van der Waals surface area contributed by atoms with Gasteiger partial charge in [0.05, 0.1) is 5.02 Å². The summed E-state index contributed by atoms with van der Waals surface area (Å²) in [5.74, 6) is 0. The number of nitrogens with two attached hydrogens (primary N) is 1. The summed E-state index contributed by atoms with van der Waals surface area (Å²) in [6.07, 6.45) is 2.64. The lowest BCUT2D eigenvalue weighted by Gasteiger charge is -2.17. The zero-order valence-corrected chi connectivity index (χ0v) is 14.6. The van der Waals surface area contributed by atoms with E-state index in [0.717, 1.165) is 25.4 Å². The van der Waals surface area contributed by atoms with Crippen LogP contribution in [-0.4, -0.2) is 0 Å². The second kappa shape index (κ2) is 6.96. The molecule has 0 amide bonds. The van der Waals surface area contributed by atoms with Crippen molar-refractivity contribution in [3.05, 3.63) is 69.5 Å². The molecule has 0 radical (unpaired) electrons. The maximum atomic E-state index is 6.34. The molecule has 0 atom stereocenters. The Morgan fingerprint density at radius 2 is 1.95 bits per heavy atom. The normalized spacial score (nSPS) is 14.0. The predicted molar refractivity (Wildman–Crippen MR) is 91.7 cm³/mol. The molecule has 0 saturated carbocycles. The highest BCUT2D eigenvalue weighted by Gasteiger charge is 2.21. The number of hydrogen-bond acceptors (Lipinski definition) is 4. The summed E-state index contributed by atoms with van der Waals surface area (Å²) in [5.41, 5.74) is 7.77. The van der Waals surface area contributed by atoms with Crippen LogP contribution < -0.4 is 5.73 Å². The second-order valence-electron chi connectivity index (χ2n) is 4.59. The van der Waals surface area contributed by atoms with Crippen molar-refractivity contribution >= 4 is 39.3 Å². The molecule has 1 aliphatic heterocycles. The van der Waals surface area contributed by atoms with E-state index in [-0.39, 0.29) is 0 Å². The first-order valence-corrected chi connectivity index (χ1v) is 8.58. The molecule has 0 bridgehead atoms. The minimum Gasteiger partial charge on any atom is -0.455 e. The van der Waals surface area contributed by atoms with Gasteiger partial charge in [-0.3, -0.25) is 0 Å². The van der Waals surface area contributed by atoms with Gasteiger partial charge in [0.2, 0.25) is 0 Å². The van der Waals surface area contributed by atoms with Gasteiger partial charge in [0.1, 0.15) is 12.5 Å². The van der Waals surface area contributed by atoms with Crippen molar-refractivity contribution in [3.63, 3.8) is 0 Å². The summed E-state index contributed by atoms with van der Waals surface area (Å²) < 4.78 is 11.9. The lowest BCUT2D eigenvalue weighted by molar-refractivity contribution is -0.0266. The van der Waals surface area contributed by atoms with Crippen molar-refractivity contribution in [1.82, 2.24) is 0 Å². The van der Waals surface area contributed by atoms with Crippen LogP contribution in [0.1, 0.15) is 17.4 Å². The molecule has 0 fully saturated rings. The number of rotatable bonds is 4. The van der Waals surface area contributed by atoms with Crippen molar-refractivity contribution < 1.29 is 9.47 Å². The Hall–Kier alpha value is -1.14. The minimum absolute atomic E-state index is 0.437. The summed E-state index contributed by atoms with van der Waals surface area (Å²) in [7, 11) is 0. The minimum atomic E-state index is -0.441. The van der Waals surface area contributed by atoms with E-state index in [0.29, 0.717) is 11.6 Å². The Labute approximate surface area is 146 Å². The van der Waals surface area contributed by atoms with E-state index >= 15 is 0 Å². The molecule has 1 aliphatic rings. The molecule has 1 heterocycles. The van der Waals surface area contributed by atoms with E-state index in [1.54, 1.807) is 24.3 Å². The fourth-order valence-corrected chi connectivity index (χ4v) is 3.89. The van der Waals surface area contributed by atoms with Gasteiger partial charge in [-0.25, -0.2) is 0 Å². The van der Waals surface area contributed by atoms with Crippen molar-refractivity contribution in [3.8, 4) is 0 Å². The molecule has 0 spiro atoms. The standard InChI is InChI=1S/C16H13BrClNO2S/c17-11-4-5-14(12(8-11)16-20-6-7-21-16)22-15-10(9-19)2-1-3-13(15)18/h1-8,16H,9,19H2. The maximum absolute atomic E-state index is 6.34. The lowest BCUT2D eigenvalue weighted by Crippen LogP contribution is -2.02. The molecule has 6 heteroatoms. The zero-order chi connectivity index (χ0) is 15.5. The van der Waals surface area contributed by atoms with Crippen LogP contribution in [-0.2, 0) is 16.0 Å². The Kier molecular flexibility index (Phi) is 4.98. The van der Waals surface area contributed by atoms with Crippen LogP contribution in [0.25, 0.3) is 0 Å². The Balaban J connectivity index is 1.99. The molecule has 2 aromatic rings. The number of benzene rings is 2. The molecule has 0 aliphatic carbocycles. The number of hydrogen-bond donors (Lipinski definition) is 1. The number of halogens is 2. The molecule has 3 rings (SSSR count). The van der Waals surface area contributed by atoms with Gasteiger partial charge in [-0.15, -0.1) is 0 Å². The largest absolute Gasteiger partial charge is 0.455 e. The van der Waals surface area contributed by atoms with Crippen LogP contribution in [0, 0.1) is 0 Å². The Bertz CT molecular complexity index is 715. The van der Waals surface area contributed by atoms with Gasteiger partial charge in [0.25, 0.3) is 6.29 Å². The molecule has 2 N–H and O–H groups in total. The summed E-state index contributed by atoms with van der Waals surface area (Å²) in [6, 6.07) is 11.7. The molecule has 0 saturated heterocycles. The van der Waals surface area contributed by atoms with Crippen molar-refractivity contribution in [1.29, 1.82) is 0 Å². The quantitative estimate of drug-likeness (QED) is 0.766. The molecule has 114 valence electrons. The first-order chi connectivity index (χ1) is 10.7. The fraction of sp³-hybridized carbons (Fsp3) is 0.125. The topological polar surface area (TPSA) is 44.5 Å². The van der Waals surface area contributed by atoms with Crippen LogP contribution in [0.4, 0.5) is 0 Å². The highest BCUT2D eigenvalue weighted by molar-refractivity contribution is 9.10. The average Bonchev–Trinajstić information content (AvgIpc) is 3.05. The van der Waals surface area contributed by atoms with E-state index in [9.17, 15) is 0 Å². The molecule has 0 unspecified atom stereocenters. The van der Waals surface area contributed by atoms with Gasteiger partial charge in [0.15, 0.2) is 0 Å².